The first-order valence-corrected chi connectivity index (χ1v) is 11.0. The van der Waals surface area contributed by atoms with E-state index in [1.807, 2.05) is 24.5 Å². The third-order valence-electron chi connectivity index (χ3n) is 6.50. The minimum Gasteiger partial charge on any atom is -0.494 e. The summed E-state index contributed by atoms with van der Waals surface area (Å²) in [6, 6.07) is 5.45. The molecule has 0 unspecified atom stereocenters. The topological polar surface area (TPSA) is 47.5 Å². The number of nitrogens with zero attached hydrogens (tertiary/aromatic N) is 3. The highest BCUT2D eigenvalue weighted by Gasteiger charge is 2.25. The first-order valence-electron chi connectivity index (χ1n) is 11.0. The van der Waals surface area contributed by atoms with Gasteiger partial charge >= 0.3 is 0 Å². The van der Waals surface area contributed by atoms with Crippen LogP contribution in [0.5, 0.6) is 11.5 Å². The van der Waals surface area contributed by atoms with Gasteiger partial charge in [-0.05, 0) is 29.8 Å². The Morgan fingerprint density at radius 3 is 2.24 bits per heavy atom. The van der Waals surface area contributed by atoms with Crippen molar-refractivity contribution in [1.29, 1.82) is 0 Å². The zero-order valence-electron chi connectivity index (χ0n) is 18.9. The van der Waals surface area contributed by atoms with Crippen LogP contribution >= 0.6 is 0 Å². The van der Waals surface area contributed by atoms with E-state index in [-0.39, 0.29) is 23.5 Å². The van der Waals surface area contributed by atoms with Crippen molar-refractivity contribution in [1.82, 2.24) is 14.9 Å². The van der Waals surface area contributed by atoms with E-state index in [9.17, 15) is 8.78 Å². The fourth-order valence-electron chi connectivity index (χ4n) is 4.58. The van der Waals surface area contributed by atoms with E-state index >= 15 is 0 Å². The van der Waals surface area contributed by atoms with Crippen LogP contribution in [0.2, 0.25) is 0 Å². The van der Waals surface area contributed by atoms with Gasteiger partial charge in [-0.25, -0.2) is 8.78 Å². The molecule has 0 fully saturated rings. The van der Waals surface area contributed by atoms with Gasteiger partial charge in [0.05, 0.1) is 25.6 Å². The highest BCUT2D eigenvalue weighted by Crippen LogP contribution is 2.37. The molecule has 0 atom stereocenters. The molecule has 2 aliphatic rings. The number of benzene rings is 1. The Hall–Kier alpha value is -3.32. The number of allylic oxidation sites excluding steroid dienone is 2. The van der Waals surface area contributed by atoms with Gasteiger partial charge in [0, 0.05) is 66.6 Å². The molecule has 2 aromatic heterocycles. The molecule has 1 aliphatic carbocycles. The van der Waals surface area contributed by atoms with Gasteiger partial charge in [-0.1, -0.05) is 13.0 Å². The molecule has 0 bridgehead atoms. The first-order chi connectivity index (χ1) is 16.0. The van der Waals surface area contributed by atoms with Crippen LogP contribution in [0.1, 0.15) is 35.0 Å². The SMILES string of the molecule is CCN1Cc2cc(-c3cnc4c(c3)C(Cc3c(F)c(OC)cc(OC)c3F)=CC4)cnc2C1. The number of aromatic nitrogens is 2. The average molecular weight is 450 g/mol. The normalized spacial score (nSPS) is 14.8. The van der Waals surface area contributed by atoms with Crippen molar-refractivity contribution in [3.05, 3.63) is 76.4 Å². The van der Waals surface area contributed by atoms with Crippen LogP contribution in [0, 0.1) is 11.6 Å². The third kappa shape index (κ3) is 3.76. The van der Waals surface area contributed by atoms with Crippen LogP contribution in [0.15, 0.2) is 36.7 Å². The number of rotatable bonds is 6. The summed E-state index contributed by atoms with van der Waals surface area (Å²) in [5.41, 5.74) is 6.85. The molecule has 170 valence electrons. The quantitative estimate of drug-likeness (QED) is 0.533. The van der Waals surface area contributed by atoms with Gasteiger partial charge in [-0.2, -0.15) is 0 Å². The van der Waals surface area contributed by atoms with E-state index in [0.29, 0.717) is 6.42 Å². The predicted octanol–water partition coefficient (Wildman–Crippen LogP) is 4.96. The van der Waals surface area contributed by atoms with Crippen LogP contribution in [-0.4, -0.2) is 35.6 Å². The van der Waals surface area contributed by atoms with Gasteiger partial charge < -0.3 is 9.47 Å². The van der Waals surface area contributed by atoms with Crippen LogP contribution < -0.4 is 9.47 Å². The molecule has 1 aromatic carbocycles. The average Bonchev–Trinajstić information content (AvgIpc) is 3.44. The zero-order valence-corrected chi connectivity index (χ0v) is 18.9. The van der Waals surface area contributed by atoms with Crippen LogP contribution in [-0.2, 0) is 25.9 Å². The molecule has 3 aromatic rings. The number of halogens is 2. The maximum Gasteiger partial charge on any atom is 0.171 e. The Bertz CT molecular complexity index is 1240. The lowest BCUT2D eigenvalue weighted by molar-refractivity contribution is 0.299. The molecule has 5 nitrogen and oxygen atoms in total. The number of ether oxygens (including phenoxy) is 2. The number of methoxy groups -OCH3 is 2. The minimum absolute atomic E-state index is 0.0423. The Morgan fingerprint density at radius 1 is 0.909 bits per heavy atom. The van der Waals surface area contributed by atoms with Gasteiger partial charge in [0.25, 0.3) is 0 Å². The minimum atomic E-state index is -0.711. The van der Waals surface area contributed by atoms with Crippen molar-refractivity contribution in [2.75, 3.05) is 20.8 Å². The summed E-state index contributed by atoms with van der Waals surface area (Å²) in [4.78, 5) is 11.6. The van der Waals surface area contributed by atoms with E-state index in [0.717, 1.165) is 53.3 Å². The fraction of sp³-hybridized carbons (Fsp3) is 0.308. The molecule has 0 N–H and O–H groups in total. The Kier molecular flexibility index (Phi) is 5.58. The molecule has 0 radical (unpaired) electrons. The molecular formula is C26H25F2N3O2. The highest BCUT2D eigenvalue weighted by molar-refractivity contribution is 5.78. The standard InChI is InChI=1S/C26H25F2N3O2/c1-4-31-13-18-7-16(11-30-22(18)14-31)17-9-19-15(5-6-21(19)29-12-17)8-20-25(27)23(32-2)10-24(33-3)26(20)28/h5,7,9-12H,4,6,8,13-14H2,1-3H3. The summed E-state index contributed by atoms with van der Waals surface area (Å²) in [5, 5.41) is 0. The van der Waals surface area contributed by atoms with E-state index in [2.05, 4.69) is 27.9 Å². The summed E-state index contributed by atoms with van der Waals surface area (Å²) < 4.78 is 40.0. The monoisotopic (exact) mass is 449 g/mol. The van der Waals surface area contributed by atoms with E-state index in [1.54, 1.807) is 0 Å². The summed E-state index contributed by atoms with van der Waals surface area (Å²) in [6.07, 6.45) is 6.42. The third-order valence-corrected chi connectivity index (χ3v) is 6.50. The van der Waals surface area contributed by atoms with Crippen LogP contribution in [0.25, 0.3) is 16.7 Å². The fourth-order valence-corrected chi connectivity index (χ4v) is 4.58. The Morgan fingerprint density at radius 2 is 1.58 bits per heavy atom. The molecule has 1 aliphatic heterocycles. The maximum absolute atomic E-state index is 14.9. The van der Waals surface area contributed by atoms with Crippen molar-refractivity contribution >= 4 is 5.57 Å². The van der Waals surface area contributed by atoms with Gasteiger partial charge in [0.1, 0.15) is 0 Å². The summed E-state index contributed by atoms with van der Waals surface area (Å²) in [7, 11) is 2.70. The van der Waals surface area contributed by atoms with Gasteiger partial charge in [-0.3, -0.25) is 14.9 Å². The predicted molar refractivity (Wildman–Crippen MR) is 122 cm³/mol. The number of pyridine rings is 2. The molecule has 3 heterocycles. The summed E-state index contributed by atoms with van der Waals surface area (Å²) in [5.74, 6) is -1.51. The van der Waals surface area contributed by atoms with Gasteiger partial charge in [0.2, 0.25) is 0 Å². The number of hydrogen-bond acceptors (Lipinski definition) is 5. The van der Waals surface area contributed by atoms with Crippen molar-refractivity contribution in [3.8, 4) is 22.6 Å². The lowest BCUT2D eigenvalue weighted by Gasteiger charge is -2.14. The van der Waals surface area contributed by atoms with Crippen molar-refractivity contribution in [3.63, 3.8) is 0 Å². The lowest BCUT2D eigenvalue weighted by atomic mass is 9.97. The zero-order chi connectivity index (χ0) is 23.1. The molecule has 0 spiro atoms. The molecule has 0 saturated carbocycles. The number of fused-ring (bicyclic) bond motifs is 2. The Balaban J connectivity index is 1.48. The maximum atomic E-state index is 14.9. The molecule has 0 saturated heterocycles. The first kappa shape index (κ1) is 21.5. The summed E-state index contributed by atoms with van der Waals surface area (Å²) in [6.45, 7) is 4.91. The molecule has 0 amide bonds. The number of hydrogen-bond donors (Lipinski definition) is 0. The smallest absolute Gasteiger partial charge is 0.171 e. The lowest BCUT2D eigenvalue weighted by Crippen LogP contribution is -2.14. The second-order valence-electron chi connectivity index (χ2n) is 8.35. The molecule has 33 heavy (non-hydrogen) atoms. The van der Waals surface area contributed by atoms with Crippen molar-refractivity contribution in [2.45, 2.75) is 32.9 Å². The largest absolute Gasteiger partial charge is 0.494 e. The molecule has 7 heteroatoms. The van der Waals surface area contributed by atoms with E-state index < -0.39 is 11.6 Å². The molecular weight excluding hydrogens is 424 g/mol. The Labute approximate surface area is 191 Å². The van der Waals surface area contributed by atoms with Crippen LogP contribution in [0.3, 0.4) is 0 Å². The second-order valence-corrected chi connectivity index (χ2v) is 8.35. The summed E-state index contributed by atoms with van der Waals surface area (Å²) >= 11 is 0. The second kappa shape index (κ2) is 8.56. The van der Waals surface area contributed by atoms with Crippen molar-refractivity contribution < 1.29 is 18.3 Å². The molecule has 5 rings (SSSR count). The van der Waals surface area contributed by atoms with Gasteiger partial charge in [0.15, 0.2) is 23.1 Å². The van der Waals surface area contributed by atoms with Crippen LogP contribution in [0.4, 0.5) is 8.78 Å². The van der Waals surface area contributed by atoms with E-state index in [1.165, 1.54) is 25.8 Å². The van der Waals surface area contributed by atoms with E-state index in [4.69, 9.17) is 9.47 Å². The van der Waals surface area contributed by atoms with Gasteiger partial charge in [-0.15, -0.1) is 0 Å². The highest BCUT2D eigenvalue weighted by atomic mass is 19.1. The van der Waals surface area contributed by atoms with Crippen molar-refractivity contribution in [2.24, 2.45) is 0 Å².